The fourth-order valence-corrected chi connectivity index (χ4v) is 2.85. The Hall–Kier alpha value is -1.06. The number of nitrogens with one attached hydrogen (secondary N) is 1. The molecule has 0 saturated heterocycles. The van der Waals surface area contributed by atoms with E-state index in [0.29, 0.717) is 17.8 Å². The lowest BCUT2D eigenvalue weighted by atomic mass is 9.87. The van der Waals surface area contributed by atoms with Crippen LogP contribution in [0.1, 0.15) is 43.4 Å². The highest BCUT2D eigenvalue weighted by Crippen LogP contribution is 2.32. The summed E-state index contributed by atoms with van der Waals surface area (Å²) in [5.41, 5.74) is 2.68. The molecular weight excluding hydrogens is 236 g/mol. The third-order valence-corrected chi connectivity index (χ3v) is 3.94. The van der Waals surface area contributed by atoms with Crippen molar-refractivity contribution in [3.8, 4) is 5.75 Å². The van der Waals surface area contributed by atoms with Gasteiger partial charge in [-0.3, -0.25) is 0 Å². The lowest BCUT2D eigenvalue weighted by molar-refractivity contribution is 0.338. The SMILES string of the molecule is CC(CCN(C)C)NC1CCCc2cc(O)ccc21. The van der Waals surface area contributed by atoms with Crippen molar-refractivity contribution in [2.75, 3.05) is 20.6 Å². The van der Waals surface area contributed by atoms with E-state index in [1.807, 2.05) is 12.1 Å². The summed E-state index contributed by atoms with van der Waals surface area (Å²) in [5.74, 6) is 0.389. The molecule has 2 rings (SSSR count). The molecule has 1 aromatic carbocycles. The van der Waals surface area contributed by atoms with Crippen LogP contribution >= 0.6 is 0 Å². The quantitative estimate of drug-likeness (QED) is 0.856. The fraction of sp³-hybridized carbons (Fsp3) is 0.625. The fourth-order valence-electron chi connectivity index (χ4n) is 2.85. The van der Waals surface area contributed by atoms with Gasteiger partial charge in [-0.25, -0.2) is 0 Å². The average Bonchev–Trinajstić information content (AvgIpc) is 2.36. The van der Waals surface area contributed by atoms with Crippen LogP contribution in [-0.4, -0.2) is 36.7 Å². The van der Waals surface area contributed by atoms with E-state index in [0.717, 1.165) is 19.4 Å². The van der Waals surface area contributed by atoms with Crippen LogP contribution in [0.2, 0.25) is 0 Å². The van der Waals surface area contributed by atoms with Crippen molar-refractivity contribution in [2.45, 2.75) is 44.7 Å². The van der Waals surface area contributed by atoms with Crippen LogP contribution in [0.5, 0.6) is 5.75 Å². The van der Waals surface area contributed by atoms with Crippen LogP contribution in [-0.2, 0) is 6.42 Å². The molecule has 0 aromatic heterocycles. The highest BCUT2D eigenvalue weighted by atomic mass is 16.3. The minimum Gasteiger partial charge on any atom is -0.508 e. The van der Waals surface area contributed by atoms with Gasteiger partial charge in [0.15, 0.2) is 0 Å². The maximum atomic E-state index is 9.58. The first-order valence-corrected chi connectivity index (χ1v) is 7.29. The lowest BCUT2D eigenvalue weighted by Crippen LogP contribution is -2.34. The molecule has 106 valence electrons. The molecule has 1 aliphatic rings. The summed E-state index contributed by atoms with van der Waals surface area (Å²) in [6.07, 6.45) is 4.66. The number of phenolic OH excluding ortho intramolecular Hbond substituents is 1. The minimum absolute atomic E-state index is 0.389. The van der Waals surface area contributed by atoms with Gasteiger partial charge in [-0.05, 0) is 76.5 Å². The van der Waals surface area contributed by atoms with Crippen molar-refractivity contribution in [1.82, 2.24) is 10.2 Å². The molecule has 2 atom stereocenters. The molecule has 1 aliphatic carbocycles. The van der Waals surface area contributed by atoms with Gasteiger partial charge < -0.3 is 15.3 Å². The van der Waals surface area contributed by atoms with Crippen molar-refractivity contribution in [3.63, 3.8) is 0 Å². The number of phenols is 1. The number of hydrogen-bond acceptors (Lipinski definition) is 3. The molecular formula is C16H26N2O. The highest BCUT2D eigenvalue weighted by Gasteiger charge is 2.21. The van der Waals surface area contributed by atoms with Crippen LogP contribution in [0.4, 0.5) is 0 Å². The van der Waals surface area contributed by atoms with E-state index < -0.39 is 0 Å². The molecule has 3 heteroatoms. The second-order valence-corrected chi connectivity index (χ2v) is 5.99. The number of aromatic hydroxyl groups is 1. The van der Waals surface area contributed by atoms with E-state index >= 15 is 0 Å². The maximum absolute atomic E-state index is 9.58. The Morgan fingerprint density at radius 1 is 1.42 bits per heavy atom. The van der Waals surface area contributed by atoms with Crippen LogP contribution in [0.25, 0.3) is 0 Å². The van der Waals surface area contributed by atoms with Gasteiger partial charge >= 0.3 is 0 Å². The molecule has 2 N–H and O–H groups in total. The zero-order valence-corrected chi connectivity index (χ0v) is 12.3. The van der Waals surface area contributed by atoms with Gasteiger partial charge in [0.05, 0.1) is 0 Å². The molecule has 0 spiro atoms. The molecule has 0 radical (unpaired) electrons. The number of benzene rings is 1. The number of fused-ring (bicyclic) bond motifs is 1. The predicted octanol–water partition coefficient (Wildman–Crippen LogP) is 2.70. The van der Waals surface area contributed by atoms with Gasteiger partial charge in [0.2, 0.25) is 0 Å². The Labute approximate surface area is 116 Å². The second kappa shape index (κ2) is 6.40. The Morgan fingerprint density at radius 2 is 2.21 bits per heavy atom. The first-order valence-electron chi connectivity index (χ1n) is 7.29. The highest BCUT2D eigenvalue weighted by molar-refractivity contribution is 5.38. The first-order chi connectivity index (χ1) is 9.06. The largest absolute Gasteiger partial charge is 0.508 e. The number of aryl methyl sites for hydroxylation is 1. The van der Waals surface area contributed by atoms with Crippen molar-refractivity contribution >= 4 is 0 Å². The van der Waals surface area contributed by atoms with Gasteiger partial charge in [-0.2, -0.15) is 0 Å². The molecule has 0 heterocycles. The van der Waals surface area contributed by atoms with Gasteiger partial charge in [0.1, 0.15) is 5.75 Å². The summed E-state index contributed by atoms with van der Waals surface area (Å²) in [6, 6.07) is 6.78. The normalized spacial score (nSPS) is 20.3. The standard InChI is InChI=1S/C16H26N2O/c1-12(9-10-18(2)3)17-16-6-4-5-13-11-14(19)7-8-15(13)16/h7-8,11-12,16-17,19H,4-6,9-10H2,1-3H3. The van der Waals surface area contributed by atoms with Gasteiger partial charge in [0, 0.05) is 12.1 Å². The second-order valence-electron chi connectivity index (χ2n) is 5.99. The van der Waals surface area contributed by atoms with Gasteiger partial charge in [-0.15, -0.1) is 0 Å². The summed E-state index contributed by atoms with van der Waals surface area (Å²) in [7, 11) is 4.23. The average molecular weight is 262 g/mol. The number of nitrogens with zero attached hydrogens (tertiary/aromatic N) is 1. The van der Waals surface area contributed by atoms with Crippen molar-refractivity contribution in [1.29, 1.82) is 0 Å². The molecule has 0 amide bonds. The summed E-state index contributed by atoms with van der Waals surface area (Å²) in [5, 5.41) is 13.3. The Morgan fingerprint density at radius 3 is 2.95 bits per heavy atom. The minimum atomic E-state index is 0.389. The number of hydrogen-bond donors (Lipinski definition) is 2. The topological polar surface area (TPSA) is 35.5 Å². The monoisotopic (exact) mass is 262 g/mol. The molecule has 0 saturated carbocycles. The molecule has 3 nitrogen and oxygen atoms in total. The first kappa shape index (κ1) is 14.4. The van der Waals surface area contributed by atoms with E-state index in [4.69, 9.17) is 0 Å². The zero-order valence-electron chi connectivity index (χ0n) is 12.3. The van der Waals surface area contributed by atoms with E-state index in [1.165, 1.54) is 24.0 Å². The van der Waals surface area contributed by atoms with Crippen molar-refractivity contribution in [2.24, 2.45) is 0 Å². The van der Waals surface area contributed by atoms with Crippen molar-refractivity contribution < 1.29 is 5.11 Å². The van der Waals surface area contributed by atoms with Gasteiger partial charge in [-0.1, -0.05) is 6.07 Å². The summed E-state index contributed by atoms with van der Waals surface area (Å²) in [6.45, 7) is 3.38. The molecule has 2 unspecified atom stereocenters. The maximum Gasteiger partial charge on any atom is 0.115 e. The van der Waals surface area contributed by atoms with Gasteiger partial charge in [0.25, 0.3) is 0 Å². The predicted molar refractivity (Wildman–Crippen MR) is 79.6 cm³/mol. The third kappa shape index (κ3) is 3.95. The third-order valence-electron chi connectivity index (χ3n) is 3.94. The van der Waals surface area contributed by atoms with Crippen LogP contribution in [0, 0.1) is 0 Å². The van der Waals surface area contributed by atoms with E-state index in [1.54, 1.807) is 0 Å². The van der Waals surface area contributed by atoms with E-state index in [-0.39, 0.29) is 0 Å². The summed E-state index contributed by atoms with van der Waals surface area (Å²) < 4.78 is 0. The molecule has 1 aromatic rings. The van der Waals surface area contributed by atoms with Crippen LogP contribution in [0.3, 0.4) is 0 Å². The van der Waals surface area contributed by atoms with Crippen LogP contribution < -0.4 is 5.32 Å². The smallest absolute Gasteiger partial charge is 0.115 e. The molecule has 19 heavy (non-hydrogen) atoms. The number of rotatable bonds is 5. The Bertz CT molecular complexity index is 417. The summed E-state index contributed by atoms with van der Waals surface area (Å²) >= 11 is 0. The zero-order chi connectivity index (χ0) is 13.8. The molecule has 0 aliphatic heterocycles. The Kier molecular flexibility index (Phi) is 4.83. The summed E-state index contributed by atoms with van der Waals surface area (Å²) in [4.78, 5) is 2.23. The van der Waals surface area contributed by atoms with Crippen molar-refractivity contribution in [3.05, 3.63) is 29.3 Å². The van der Waals surface area contributed by atoms with E-state index in [9.17, 15) is 5.11 Å². The molecule has 0 bridgehead atoms. The van der Waals surface area contributed by atoms with Crippen LogP contribution in [0.15, 0.2) is 18.2 Å². The Balaban J connectivity index is 1.99. The van der Waals surface area contributed by atoms with E-state index in [2.05, 4.69) is 37.3 Å². The lowest BCUT2D eigenvalue weighted by Gasteiger charge is -2.30. The molecule has 0 fully saturated rings.